The summed E-state index contributed by atoms with van der Waals surface area (Å²) in [6, 6.07) is 11.2. The maximum absolute atomic E-state index is 12.4. The molecule has 2 rings (SSSR count). The molecule has 128 valence electrons. The Morgan fingerprint density at radius 1 is 1.21 bits per heavy atom. The first-order chi connectivity index (χ1) is 11.2. The molecule has 2 aromatic rings. The molecule has 24 heavy (non-hydrogen) atoms. The molecule has 0 saturated heterocycles. The van der Waals surface area contributed by atoms with Crippen LogP contribution in [0.1, 0.15) is 10.4 Å². The first kappa shape index (κ1) is 18.1. The molecule has 0 heterocycles. The second-order valence-electron chi connectivity index (χ2n) is 5.08. The van der Waals surface area contributed by atoms with E-state index in [9.17, 15) is 13.2 Å². The molecule has 1 N–H and O–H groups in total. The maximum atomic E-state index is 12.4. The van der Waals surface area contributed by atoms with E-state index in [0.29, 0.717) is 27.7 Å². The number of benzene rings is 2. The summed E-state index contributed by atoms with van der Waals surface area (Å²) in [6.45, 7) is 0. The number of halogens is 1. The van der Waals surface area contributed by atoms with Crippen LogP contribution >= 0.6 is 11.6 Å². The van der Waals surface area contributed by atoms with E-state index < -0.39 is 10.0 Å². The van der Waals surface area contributed by atoms with Gasteiger partial charge >= 0.3 is 0 Å². The highest BCUT2D eigenvalue weighted by atomic mass is 35.5. The van der Waals surface area contributed by atoms with Crippen LogP contribution in [0.3, 0.4) is 0 Å². The lowest BCUT2D eigenvalue weighted by Gasteiger charge is -2.17. The van der Waals surface area contributed by atoms with Crippen molar-refractivity contribution in [3.05, 3.63) is 53.1 Å². The largest absolute Gasteiger partial charge is 0.495 e. The minimum atomic E-state index is -3.40. The summed E-state index contributed by atoms with van der Waals surface area (Å²) in [4.78, 5) is 12.4. The van der Waals surface area contributed by atoms with Crippen molar-refractivity contribution < 1.29 is 17.9 Å². The number of ether oxygens (including phenoxy) is 1. The summed E-state index contributed by atoms with van der Waals surface area (Å²) in [6.07, 6.45) is 1.10. The summed E-state index contributed by atoms with van der Waals surface area (Å²) in [5.41, 5.74) is 1.24. The Labute approximate surface area is 146 Å². The first-order valence-corrected chi connectivity index (χ1v) is 9.14. The molecule has 0 unspecified atom stereocenters. The van der Waals surface area contributed by atoms with E-state index in [2.05, 4.69) is 5.32 Å². The lowest BCUT2D eigenvalue weighted by molar-refractivity contribution is 0.102. The van der Waals surface area contributed by atoms with Crippen molar-refractivity contribution in [2.45, 2.75) is 0 Å². The molecule has 1 amide bonds. The maximum Gasteiger partial charge on any atom is 0.255 e. The van der Waals surface area contributed by atoms with Crippen LogP contribution in [-0.2, 0) is 10.0 Å². The Kier molecular flexibility index (Phi) is 5.36. The van der Waals surface area contributed by atoms with Gasteiger partial charge < -0.3 is 10.1 Å². The highest BCUT2D eigenvalue weighted by Crippen LogP contribution is 2.27. The fourth-order valence-electron chi connectivity index (χ4n) is 1.98. The molecular weight excluding hydrogens is 352 g/mol. The number of carbonyl (C=O) groups excluding carboxylic acids is 1. The molecular formula is C16H17ClN2O4S. The van der Waals surface area contributed by atoms with Crippen molar-refractivity contribution in [3.8, 4) is 5.75 Å². The van der Waals surface area contributed by atoms with Crippen molar-refractivity contribution in [1.82, 2.24) is 0 Å². The van der Waals surface area contributed by atoms with E-state index >= 15 is 0 Å². The Morgan fingerprint density at radius 2 is 1.92 bits per heavy atom. The topological polar surface area (TPSA) is 75.7 Å². The third-order valence-corrected chi connectivity index (χ3v) is 4.88. The number of hydrogen-bond acceptors (Lipinski definition) is 4. The van der Waals surface area contributed by atoms with Crippen molar-refractivity contribution >= 4 is 38.9 Å². The van der Waals surface area contributed by atoms with E-state index in [-0.39, 0.29) is 5.91 Å². The van der Waals surface area contributed by atoms with Crippen molar-refractivity contribution in [2.75, 3.05) is 30.0 Å². The number of hydrogen-bond donors (Lipinski definition) is 1. The normalized spacial score (nSPS) is 11.0. The van der Waals surface area contributed by atoms with Crippen LogP contribution in [0.5, 0.6) is 5.75 Å². The third-order valence-electron chi connectivity index (χ3n) is 3.38. The minimum absolute atomic E-state index is 0.329. The summed E-state index contributed by atoms with van der Waals surface area (Å²) in [5, 5.41) is 3.08. The third kappa shape index (κ3) is 4.18. The summed E-state index contributed by atoms with van der Waals surface area (Å²) < 4.78 is 29.4. The molecule has 0 bridgehead atoms. The van der Waals surface area contributed by atoms with Gasteiger partial charge in [0.15, 0.2) is 0 Å². The molecule has 0 aliphatic carbocycles. The number of rotatable bonds is 5. The molecule has 0 aliphatic rings. The summed E-state index contributed by atoms with van der Waals surface area (Å²) in [7, 11) is -0.471. The van der Waals surface area contributed by atoms with Gasteiger partial charge in [-0.1, -0.05) is 17.7 Å². The van der Waals surface area contributed by atoms with Crippen molar-refractivity contribution in [3.63, 3.8) is 0 Å². The second kappa shape index (κ2) is 7.11. The van der Waals surface area contributed by atoms with Gasteiger partial charge in [-0.15, -0.1) is 0 Å². The molecule has 0 aliphatic heterocycles. The van der Waals surface area contributed by atoms with E-state index in [1.54, 1.807) is 36.4 Å². The molecule has 0 saturated carbocycles. The zero-order valence-electron chi connectivity index (χ0n) is 13.4. The second-order valence-corrected chi connectivity index (χ2v) is 7.51. The smallest absolute Gasteiger partial charge is 0.255 e. The van der Waals surface area contributed by atoms with Crippen LogP contribution in [0.25, 0.3) is 0 Å². The van der Waals surface area contributed by atoms with Crippen LogP contribution < -0.4 is 14.4 Å². The van der Waals surface area contributed by atoms with Gasteiger partial charge in [0.25, 0.3) is 5.91 Å². The van der Waals surface area contributed by atoms with Crippen molar-refractivity contribution in [2.24, 2.45) is 0 Å². The van der Waals surface area contributed by atoms with Gasteiger partial charge in [-0.05, 0) is 36.4 Å². The van der Waals surface area contributed by atoms with Crippen LogP contribution in [0.15, 0.2) is 42.5 Å². The molecule has 8 heteroatoms. The Balaban J connectivity index is 2.23. The van der Waals surface area contributed by atoms with E-state index in [1.807, 2.05) is 0 Å². The summed E-state index contributed by atoms with van der Waals surface area (Å²) in [5.74, 6) is 0.131. The van der Waals surface area contributed by atoms with Crippen LogP contribution in [0.2, 0.25) is 5.02 Å². The fraction of sp³-hybridized carbons (Fsp3) is 0.188. The van der Waals surface area contributed by atoms with E-state index in [1.165, 1.54) is 20.2 Å². The Bertz CT molecular complexity index is 868. The zero-order valence-corrected chi connectivity index (χ0v) is 15.0. The zero-order chi connectivity index (χ0) is 17.9. The Morgan fingerprint density at radius 3 is 2.50 bits per heavy atom. The average molecular weight is 369 g/mol. The SMILES string of the molecule is COc1ccc(NC(=O)c2cccc(N(C)S(C)(=O)=O)c2)cc1Cl. The van der Waals surface area contributed by atoms with Crippen molar-refractivity contribution in [1.29, 1.82) is 0 Å². The first-order valence-electron chi connectivity index (χ1n) is 6.91. The van der Waals surface area contributed by atoms with Crippen LogP contribution in [0, 0.1) is 0 Å². The number of nitrogens with one attached hydrogen (secondary N) is 1. The van der Waals surface area contributed by atoms with E-state index in [4.69, 9.17) is 16.3 Å². The number of nitrogens with zero attached hydrogens (tertiary/aromatic N) is 1. The van der Waals surface area contributed by atoms with Gasteiger partial charge in [0.2, 0.25) is 10.0 Å². The molecule has 0 fully saturated rings. The quantitative estimate of drug-likeness (QED) is 0.880. The molecule has 0 spiro atoms. The predicted octanol–water partition coefficient (Wildman–Crippen LogP) is 3.00. The highest BCUT2D eigenvalue weighted by Gasteiger charge is 2.14. The average Bonchev–Trinajstić information content (AvgIpc) is 2.53. The number of sulfonamides is 1. The number of amides is 1. The van der Waals surface area contributed by atoms with Gasteiger partial charge in [-0.3, -0.25) is 9.10 Å². The predicted molar refractivity (Wildman–Crippen MR) is 95.6 cm³/mol. The number of carbonyl (C=O) groups is 1. The standard InChI is InChI=1S/C16H17ClN2O4S/c1-19(24(3,21)22)13-6-4-5-11(9-13)16(20)18-12-7-8-15(23-2)14(17)10-12/h4-10H,1-3H3,(H,18,20). The number of anilines is 2. The van der Waals surface area contributed by atoms with Gasteiger partial charge in [-0.25, -0.2) is 8.42 Å². The minimum Gasteiger partial charge on any atom is -0.495 e. The summed E-state index contributed by atoms with van der Waals surface area (Å²) >= 11 is 6.03. The highest BCUT2D eigenvalue weighted by molar-refractivity contribution is 7.92. The Hall–Kier alpha value is -2.25. The van der Waals surface area contributed by atoms with Crippen LogP contribution in [0.4, 0.5) is 11.4 Å². The van der Waals surface area contributed by atoms with E-state index in [0.717, 1.165) is 10.6 Å². The molecule has 2 aromatic carbocycles. The van der Waals surface area contributed by atoms with Crippen LogP contribution in [-0.4, -0.2) is 34.7 Å². The van der Waals surface area contributed by atoms with Gasteiger partial charge in [0, 0.05) is 18.3 Å². The number of methoxy groups -OCH3 is 1. The van der Waals surface area contributed by atoms with Gasteiger partial charge in [-0.2, -0.15) is 0 Å². The van der Waals surface area contributed by atoms with Gasteiger partial charge in [0.1, 0.15) is 5.75 Å². The monoisotopic (exact) mass is 368 g/mol. The fourth-order valence-corrected chi connectivity index (χ4v) is 2.74. The molecule has 0 atom stereocenters. The lowest BCUT2D eigenvalue weighted by atomic mass is 10.2. The lowest BCUT2D eigenvalue weighted by Crippen LogP contribution is -2.25. The molecule has 0 radical (unpaired) electrons. The van der Waals surface area contributed by atoms with Gasteiger partial charge in [0.05, 0.1) is 24.1 Å². The molecule has 0 aromatic heterocycles. The molecule has 6 nitrogen and oxygen atoms in total.